The largest absolute Gasteiger partial charge is 0.306 e. The van der Waals surface area contributed by atoms with Crippen LogP contribution in [0.25, 0.3) is 0 Å². The van der Waals surface area contributed by atoms with Crippen LogP contribution in [0.1, 0.15) is 29.7 Å². The summed E-state index contributed by atoms with van der Waals surface area (Å²) >= 11 is 5.83. The van der Waals surface area contributed by atoms with Gasteiger partial charge in [0.05, 0.1) is 0 Å². The second-order valence-corrected chi connectivity index (χ2v) is 5.66. The van der Waals surface area contributed by atoms with Gasteiger partial charge in [0.15, 0.2) is 0 Å². The Hall–Kier alpha value is -0.680. The minimum Gasteiger partial charge on any atom is -0.241 e. The van der Waals surface area contributed by atoms with E-state index in [1.807, 2.05) is 0 Å². The summed E-state index contributed by atoms with van der Waals surface area (Å²) in [5, 5.41) is 0.0990. The standard InChI is InChI=1S/C10H11ClFNO2S/c11-10-8(6-16(12,14)15)5-7-3-1-2-4-9(7)13-10/h5H,1-4,6H2. The SMILES string of the molecule is O=S(=O)(F)Cc1cc2c(nc1Cl)CCCC2. The molecule has 0 amide bonds. The molecule has 0 spiro atoms. The van der Waals surface area contributed by atoms with Gasteiger partial charge in [-0.15, -0.1) is 3.89 Å². The first-order valence-corrected chi connectivity index (χ1v) is 6.98. The lowest BCUT2D eigenvalue weighted by molar-refractivity contribution is 0.551. The van der Waals surface area contributed by atoms with E-state index in [0.717, 1.165) is 36.9 Å². The highest BCUT2D eigenvalue weighted by Gasteiger charge is 2.18. The number of nitrogens with zero attached hydrogens (tertiary/aromatic N) is 1. The monoisotopic (exact) mass is 263 g/mol. The van der Waals surface area contributed by atoms with Crippen molar-refractivity contribution in [1.82, 2.24) is 4.98 Å². The lowest BCUT2D eigenvalue weighted by atomic mass is 9.95. The summed E-state index contributed by atoms with van der Waals surface area (Å²) in [5.74, 6) is -0.688. The van der Waals surface area contributed by atoms with E-state index in [2.05, 4.69) is 4.98 Å². The second-order valence-electron chi connectivity index (χ2n) is 3.93. The number of fused-ring (bicyclic) bond motifs is 1. The van der Waals surface area contributed by atoms with Gasteiger partial charge in [-0.1, -0.05) is 11.6 Å². The molecular weight excluding hydrogens is 253 g/mol. The first-order chi connectivity index (χ1) is 7.46. The van der Waals surface area contributed by atoms with E-state index in [1.165, 1.54) is 0 Å². The molecule has 0 atom stereocenters. The van der Waals surface area contributed by atoms with Crippen LogP contribution in [0, 0.1) is 0 Å². The normalized spacial score (nSPS) is 15.9. The van der Waals surface area contributed by atoms with Gasteiger partial charge in [0.1, 0.15) is 10.9 Å². The number of pyridine rings is 1. The van der Waals surface area contributed by atoms with Gasteiger partial charge in [0.25, 0.3) is 0 Å². The van der Waals surface area contributed by atoms with Crippen LogP contribution >= 0.6 is 11.6 Å². The van der Waals surface area contributed by atoms with E-state index in [0.29, 0.717) is 0 Å². The van der Waals surface area contributed by atoms with E-state index < -0.39 is 16.0 Å². The van der Waals surface area contributed by atoms with E-state index >= 15 is 0 Å². The zero-order valence-electron chi connectivity index (χ0n) is 8.54. The Bertz CT molecular complexity index is 516. The summed E-state index contributed by atoms with van der Waals surface area (Å²) in [5.41, 5.74) is 2.16. The van der Waals surface area contributed by atoms with Crippen molar-refractivity contribution in [3.8, 4) is 0 Å². The molecule has 2 rings (SSSR count). The van der Waals surface area contributed by atoms with E-state index in [9.17, 15) is 12.3 Å². The Labute approximate surface area is 98.9 Å². The van der Waals surface area contributed by atoms with Gasteiger partial charge in [-0.3, -0.25) is 0 Å². The summed E-state index contributed by atoms with van der Waals surface area (Å²) in [7, 11) is -4.55. The molecule has 0 N–H and O–H groups in total. The zero-order chi connectivity index (χ0) is 11.8. The van der Waals surface area contributed by atoms with Crippen molar-refractivity contribution in [1.29, 1.82) is 0 Å². The topological polar surface area (TPSA) is 47.0 Å². The average molecular weight is 264 g/mol. The quantitative estimate of drug-likeness (QED) is 0.608. The van der Waals surface area contributed by atoms with Crippen LogP contribution in [0.3, 0.4) is 0 Å². The summed E-state index contributed by atoms with van der Waals surface area (Å²) in [6, 6.07) is 1.67. The molecule has 6 heteroatoms. The first-order valence-electron chi connectivity index (χ1n) is 5.05. The third-order valence-electron chi connectivity index (χ3n) is 2.65. The van der Waals surface area contributed by atoms with Crippen LogP contribution in [0.15, 0.2) is 6.07 Å². The van der Waals surface area contributed by atoms with Gasteiger partial charge in [0, 0.05) is 11.3 Å². The maximum Gasteiger partial charge on any atom is 0.306 e. The molecule has 3 nitrogen and oxygen atoms in total. The van der Waals surface area contributed by atoms with E-state index in [4.69, 9.17) is 11.6 Å². The maximum atomic E-state index is 12.6. The fourth-order valence-corrected chi connectivity index (χ4v) is 2.84. The molecule has 16 heavy (non-hydrogen) atoms. The van der Waals surface area contributed by atoms with Crippen molar-refractivity contribution in [2.75, 3.05) is 0 Å². The number of halogens is 2. The van der Waals surface area contributed by atoms with Crippen molar-refractivity contribution < 1.29 is 12.3 Å². The molecule has 88 valence electrons. The Morgan fingerprint density at radius 3 is 2.75 bits per heavy atom. The molecule has 0 fully saturated rings. The van der Waals surface area contributed by atoms with Gasteiger partial charge in [0.2, 0.25) is 0 Å². The molecule has 0 saturated carbocycles. The Morgan fingerprint density at radius 1 is 1.38 bits per heavy atom. The van der Waals surface area contributed by atoms with Crippen molar-refractivity contribution >= 4 is 21.8 Å². The number of rotatable bonds is 2. The fraction of sp³-hybridized carbons (Fsp3) is 0.500. The van der Waals surface area contributed by atoms with Crippen LogP contribution in [-0.2, 0) is 28.8 Å². The Kier molecular flexibility index (Phi) is 3.17. The van der Waals surface area contributed by atoms with Crippen LogP contribution in [0.2, 0.25) is 5.15 Å². The molecule has 0 aliphatic heterocycles. The van der Waals surface area contributed by atoms with Crippen molar-refractivity contribution in [3.63, 3.8) is 0 Å². The molecule has 1 aliphatic rings. The van der Waals surface area contributed by atoms with Crippen molar-refractivity contribution in [2.45, 2.75) is 31.4 Å². The third kappa shape index (κ3) is 2.71. The van der Waals surface area contributed by atoms with Crippen LogP contribution in [0.5, 0.6) is 0 Å². The molecule has 0 saturated heterocycles. The molecular formula is C10H11ClFNO2S. The van der Waals surface area contributed by atoms with Crippen LogP contribution < -0.4 is 0 Å². The van der Waals surface area contributed by atoms with Gasteiger partial charge >= 0.3 is 10.2 Å². The van der Waals surface area contributed by atoms with Gasteiger partial charge in [-0.2, -0.15) is 8.42 Å². The Balaban J connectivity index is 2.40. The molecule has 1 aromatic rings. The predicted octanol–water partition coefficient (Wildman–Crippen LogP) is 2.41. The fourth-order valence-electron chi connectivity index (χ4n) is 1.94. The van der Waals surface area contributed by atoms with Crippen molar-refractivity contribution in [2.24, 2.45) is 0 Å². The second kappa shape index (κ2) is 4.30. The molecule has 0 bridgehead atoms. The van der Waals surface area contributed by atoms with Gasteiger partial charge in [-0.05, 0) is 37.3 Å². The summed E-state index contributed by atoms with van der Waals surface area (Å²) in [4.78, 5) is 4.13. The third-order valence-corrected chi connectivity index (χ3v) is 3.64. The smallest absolute Gasteiger partial charge is 0.241 e. The lowest BCUT2D eigenvalue weighted by Crippen LogP contribution is -2.08. The number of aromatic nitrogens is 1. The molecule has 0 radical (unpaired) electrons. The highest BCUT2D eigenvalue weighted by molar-refractivity contribution is 7.85. The highest BCUT2D eigenvalue weighted by Crippen LogP contribution is 2.25. The number of hydrogen-bond acceptors (Lipinski definition) is 3. The van der Waals surface area contributed by atoms with E-state index in [1.54, 1.807) is 6.07 Å². The molecule has 1 heterocycles. The molecule has 1 aliphatic carbocycles. The molecule has 1 aromatic heterocycles. The predicted molar refractivity (Wildman–Crippen MR) is 59.6 cm³/mol. The zero-order valence-corrected chi connectivity index (χ0v) is 10.1. The van der Waals surface area contributed by atoms with Crippen molar-refractivity contribution in [3.05, 3.63) is 28.0 Å². The van der Waals surface area contributed by atoms with E-state index in [-0.39, 0.29) is 10.7 Å². The van der Waals surface area contributed by atoms with Crippen LogP contribution in [0.4, 0.5) is 3.89 Å². The minimum absolute atomic E-state index is 0.0990. The highest BCUT2D eigenvalue weighted by atomic mass is 35.5. The minimum atomic E-state index is -4.55. The molecule has 0 unspecified atom stereocenters. The number of aryl methyl sites for hydroxylation is 2. The Morgan fingerprint density at radius 2 is 2.06 bits per heavy atom. The first kappa shape index (κ1) is 11.8. The maximum absolute atomic E-state index is 12.6. The number of hydrogen-bond donors (Lipinski definition) is 0. The van der Waals surface area contributed by atoms with Gasteiger partial charge in [-0.25, -0.2) is 4.98 Å². The molecule has 0 aromatic carbocycles. The summed E-state index contributed by atoms with van der Waals surface area (Å²) < 4.78 is 33.7. The lowest BCUT2D eigenvalue weighted by Gasteiger charge is -2.16. The average Bonchev–Trinajstić information content (AvgIpc) is 2.17. The summed E-state index contributed by atoms with van der Waals surface area (Å²) in [6.07, 6.45) is 3.84. The van der Waals surface area contributed by atoms with Crippen LogP contribution in [-0.4, -0.2) is 13.4 Å². The summed E-state index contributed by atoms with van der Waals surface area (Å²) in [6.45, 7) is 0. The van der Waals surface area contributed by atoms with Gasteiger partial charge < -0.3 is 0 Å².